The van der Waals surface area contributed by atoms with Crippen LogP contribution in [0.2, 0.25) is 0 Å². The molecule has 2 saturated carbocycles. The minimum atomic E-state index is -0.0671. The number of nitrogens with zero attached hydrogens (tertiary/aromatic N) is 1. The largest absolute Gasteiger partial charge is 0.306 e. The number of hydrogen-bond acceptors (Lipinski definition) is 2. The van der Waals surface area contributed by atoms with E-state index in [9.17, 15) is 4.79 Å². The highest BCUT2D eigenvalue weighted by atomic mass is 79.9. The normalized spacial score (nSPS) is 18.2. The van der Waals surface area contributed by atoms with Gasteiger partial charge in [0, 0.05) is 11.5 Å². The SMILES string of the molecule is O=c1[nH]c(-c2ccccc2C2CC2)nc(C2CC2)c1Br. The quantitative estimate of drug-likeness (QED) is 0.925. The van der Waals surface area contributed by atoms with Crippen LogP contribution in [0.15, 0.2) is 33.5 Å². The Kier molecular flexibility index (Phi) is 2.81. The summed E-state index contributed by atoms with van der Waals surface area (Å²) in [6.45, 7) is 0. The fourth-order valence-electron chi connectivity index (χ4n) is 2.69. The van der Waals surface area contributed by atoms with Gasteiger partial charge >= 0.3 is 0 Å². The maximum Gasteiger partial charge on any atom is 0.265 e. The summed E-state index contributed by atoms with van der Waals surface area (Å²) in [4.78, 5) is 19.8. The fraction of sp³-hybridized carbons (Fsp3) is 0.375. The summed E-state index contributed by atoms with van der Waals surface area (Å²) in [5.74, 6) is 1.82. The number of benzene rings is 1. The van der Waals surface area contributed by atoms with Gasteiger partial charge in [-0.1, -0.05) is 24.3 Å². The summed E-state index contributed by atoms with van der Waals surface area (Å²) in [5.41, 5.74) is 3.26. The van der Waals surface area contributed by atoms with Crippen LogP contribution in [0.3, 0.4) is 0 Å². The Morgan fingerprint density at radius 1 is 1.10 bits per heavy atom. The summed E-state index contributed by atoms with van der Waals surface area (Å²) in [7, 11) is 0. The number of aromatic nitrogens is 2. The van der Waals surface area contributed by atoms with Crippen LogP contribution in [0.5, 0.6) is 0 Å². The molecule has 1 heterocycles. The molecule has 0 atom stereocenters. The highest BCUT2D eigenvalue weighted by Crippen LogP contribution is 2.45. The van der Waals surface area contributed by atoms with Gasteiger partial charge in [0.15, 0.2) is 0 Å². The average molecular weight is 331 g/mol. The molecule has 1 aromatic heterocycles. The van der Waals surface area contributed by atoms with Crippen LogP contribution >= 0.6 is 15.9 Å². The van der Waals surface area contributed by atoms with Crippen LogP contribution in [-0.4, -0.2) is 9.97 Å². The van der Waals surface area contributed by atoms with E-state index in [0.29, 0.717) is 16.3 Å². The maximum atomic E-state index is 12.1. The monoisotopic (exact) mass is 330 g/mol. The molecule has 0 saturated heterocycles. The van der Waals surface area contributed by atoms with E-state index in [2.05, 4.69) is 39.1 Å². The van der Waals surface area contributed by atoms with Gasteiger partial charge in [-0.25, -0.2) is 4.98 Å². The van der Waals surface area contributed by atoms with Crippen LogP contribution in [0.4, 0.5) is 0 Å². The van der Waals surface area contributed by atoms with Crippen LogP contribution in [0, 0.1) is 0 Å². The standard InChI is InChI=1S/C16H15BrN2O/c17-13-14(10-7-8-10)18-15(19-16(13)20)12-4-2-1-3-11(12)9-5-6-9/h1-4,9-10H,5-8H2,(H,18,19,20). The van der Waals surface area contributed by atoms with Crippen molar-refractivity contribution in [1.82, 2.24) is 9.97 Å². The second-order valence-corrected chi connectivity index (χ2v) is 6.54. The number of rotatable bonds is 3. The van der Waals surface area contributed by atoms with Gasteiger partial charge in [0.05, 0.1) is 5.69 Å². The third-order valence-electron chi connectivity index (χ3n) is 4.09. The molecule has 2 fully saturated rings. The number of H-pyrrole nitrogens is 1. The molecule has 102 valence electrons. The van der Waals surface area contributed by atoms with Crippen molar-refractivity contribution in [1.29, 1.82) is 0 Å². The topological polar surface area (TPSA) is 45.8 Å². The van der Waals surface area contributed by atoms with Gasteiger partial charge in [-0.05, 0) is 53.1 Å². The van der Waals surface area contributed by atoms with Gasteiger partial charge in [-0.15, -0.1) is 0 Å². The Hall–Kier alpha value is -1.42. The van der Waals surface area contributed by atoms with E-state index in [1.165, 1.54) is 18.4 Å². The lowest BCUT2D eigenvalue weighted by Gasteiger charge is -2.10. The van der Waals surface area contributed by atoms with E-state index in [1.54, 1.807) is 0 Å². The highest BCUT2D eigenvalue weighted by Gasteiger charge is 2.30. The summed E-state index contributed by atoms with van der Waals surface area (Å²) in [6, 6.07) is 8.30. The molecule has 2 aliphatic carbocycles. The molecule has 1 aromatic carbocycles. The number of nitrogens with one attached hydrogen (secondary N) is 1. The van der Waals surface area contributed by atoms with Gasteiger partial charge < -0.3 is 4.98 Å². The van der Waals surface area contributed by atoms with E-state index in [1.807, 2.05) is 6.07 Å². The molecule has 3 nitrogen and oxygen atoms in total. The average Bonchev–Trinajstić information content (AvgIpc) is 3.34. The van der Waals surface area contributed by atoms with E-state index >= 15 is 0 Å². The Labute approximate surface area is 125 Å². The third kappa shape index (κ3) is 2.12. The van der Waals surface area contributed by atoms with Crippen LogP contribution < -0.4 is 5.56 Å². The lowest BCUT2D eigenvalue weighted by Crippen LogP contribution is -2.13. The number of hydrogen-bond donors (Lipinski definition) is 1. The van der Waals surface area contributed by atoms with E-state index in [-0.39, 0.29) is 5.56 Å². The minimum Gasteiger partial charge on any atom is -0.306 e. The zero-order valence-electron chi connectivity index (χ0n) is 11.0. The molecular weight excluding hydrogens is 316 g/mol. The zero-order chi connectivity index (χ0) is 13.7. The van der Waals surface area contributed by atoms with Crippen molar-refractivity contribution < 1.29 is 0 Å². The van der Waals surface area contributed by atoms with E-state index in [4.69, 9.17) is 4.98 Å². The van der Waals surface area contributed by atoms with Gasteiger partial charge in [-0.3, -0.25) is 4.79 Å². The van der Waals surface area contributed by atoms with Gasteiger partial charge in [0.1, 0.15) is 10.3 Å². The Bertz CT molecular complexity index is 729. The molecule has 0 amide bonds. The molecule has 0 radical (unpaired) electrons. The van der Waals surface area contributed by atoms with Crippen molar-refractivity contribution in [2.75, 3.05) is 0 Å². The second kappa shape index (κ2) is 4.55. The molecule has 2 aromatic rings. The summed E-state index contributed by atoms with van der Waals surface area (Å²) < 4.78 is 0.604. The fourth-order valence-corrected chi connectivity index (χ4v) is 3.21. The smallest absolute Gasteiger partial charge is 0.265 e. The molecule has 1 N–H and O–H groups in total. The van der Waals surface area contributed by atoms with Crippen molar-refractivity contribution in [3.63, 3.8) is 0 Å². The zero-order valence-corrected chi connectivity index (χ0v) is 12.6. The summed E-state index contributed by atoms with van der Waals surface area (Å²) >= 11 is 3.38. The van der Waals surface area contributed by atoms with Crippen molar-refractivity contribution >= 4 is 15.9 Å². The number of halogens is 1. The molecule has 4 rings (SSSR count). The first-order chi connectivity index (χ1) is 9.74. The molecule has 0 unspecified atom stereocenters. The Morgan fingerprint density at radius 2 is 1.80 bits per heavy atom. The van der Waals surface area contributed by atoms with E-state index in [0.717, 1.165) is 29.9 Å². The summed E-state index contributed by atoms with van der Waals surface area (Å²) in [5, 5.41) is 0. The molecular formula is C16H15BrN2O. The van der Waals surface area contributed by atoms with Crippen LogP contribution in [0.25, 0.3) is 11.4 Å². The highest BCUT2D eigenvalue weighted by molar-refractivity contribution is 9.10. The lowest BCUT2D eigenvalue weighted by molar-refractivity contribution is 0.955. The number of aromatic amines is 1. The lowest BCUT2D eigenvalue weighted by atomic mass is 10.0. The molecule has 0 bridgehead atoms. The first-order valence-corrected chi connectivity index (χ1v) is 7.92. The summed E-state index contributed by atoms with van der Waals surface area (Å²) in [6.07, 6.45) is 4.76. The first kappa shape index (κ1) is 12.3. The molecule has 20 heavy (non-hydrogen) atoms. The van der Waals surface area contributed by atoms with Gasteiger partial charge in [-0.2, -0.15) is 0 Å². The molecule has 4 heteroatoms. The van der Waals surface area contributed by atoms with Crippen LogP contribution in [-0.2, 0) is 0 Å². The first-order valence-electron chi connectivity index (χ1n) is 7.13. The van der Waals surface area contributed by atoms with Gasteiger partial charge in [0.2, 0.25) is 0 Å². The molecule has 0 spiro atoms. The second-order valence-electron chi connectivity index (χ2n) is 5.75. The van der Waals surface area contributed by atoms with Gasteiger partial charge in [0.25, 0.3) is 5.56 Å². The molecule has 0 aliphatic heterocycles. The minimum absolute atomic E-state index is 0.0671. The van der Waals surface area contributed by atoms with Crippen molar-refractivity contribution in [2.45, 2.75) is 37.5 Å². The predicted molar refractivity (Wildman–Crippen MR) is 81.9 cm³/mol. The molecule has 2 aliphatic rings. The third-order valence-corrected chi connectivity index (χ3v) is 4.85. The Balaban J connectivity index is 1.88. The van der Waals surface area contributed by atoms with Crippen molar-refractivity contribution in [3.05, 3.63) is 50.3 Å². The predicted octanol–water partition coefficient (Wildman–Crippen LogP) is 3.95. The maximum absolute atomic E-state index is 12.1. The van der Waals surface area contributed by atoms with Crippen molar-refractivity contribution in [3.8, 4) is 11.4 Å². The van der Waals surface area contributed by atoms with E-state index < -0.39 is 0 Å². The van der Waals surface area contributed by atoms with Crippen molar-refractivity contribution in [2.24, 2.45) is 0 Å². The Morgan fingerprint density at radius 3 is 2.50 bits per heavy atom. The van der Waals surface area contributed by atoms with Crippen LogP contribution in [0.1, 0.15) is 48.8 Å².